The normalized spacial score (nSPS) is 34.4. The molecule has 4 atom stereocenters. The maximum atomic E-state index is 13.0. The number of benzene rings is 1. The number of imide groups is 1. The van der Waals surface area contributed by atoms with Gasteiger partial charge in [-0.15, -0.1) is 0 Å². The minimum atomic E-state index is -0.208. The highest BCUT2D eigenvalue weighted by atomic mass is 16.5. The van der Waals surface area contributed by atoms with Gasteiger partial charge in [-0.1, -0.05) is 45.1 Å². The monoisotopic (exact) mass is 421 g/mol. The summed E-state index contributed by atoms with van der Waals surface area (Å²) < 4.78 is 5.63. The van der Waals surface area contributed by atoms with Gasteiger partial charge in [0.05, 0.1) is 17.8 Å². The van der Waals surface area contributed by atoms with E-state index in [1.807, 2.05) is 24.3 Å². The van der Waals surface area contributed by atoms with Crippen molar-refractivity contribution >= 4 is 17.8 Å². The van der Waals surface area contributed by atoms with Gasteiger partial charge in [0.25, 0.3) is 0 Å². The quantitative estimate of drug-likeness (QED) is 0.317. The lowest BCUT2D eigenvalue weighted by Gasteiger charge is -2.33. The van der Waals surface area contributed by atoms with E-state index < -0.39 is 0 Å². The fourth-order valence-corrected chi connectivity index (χ4v) is 6.08. The van der Waals surface area contributed by atoms with E-state index in [9.17, 15) is 14.4 Å². The van der Waals surface area contributed by atoms with Crippen molar-refractivity contribution in [3.63, 3.8) is 0 Å². The molecule has 5 rings (SSSR count). The Morgan fingerprint density at radius 1 is 0.903 bits per heavy atom. The SMILES string of the molecule is CC(C)(C)c1ccc(OC(=O)C2CCC(N3C(=O)[C@@H]4[C@H](C3=O)[C@@H]3C=C[C@H]4C3)CC2)cc1. The Hall–Kier alpha value is -2.43. The second-order valence-electron chi connectivity index (χ2n) is 10.7. The molecule has 31 heavy (non-hydrogen) atoms. The van der Waals surface area contributed by atoms with Gasteiger partial charge >= 0.3 is 5.97 Å². The number of amides is 2. The van der Waals surface area contributed by atoms with E-state index in [0.717, 1.165) is 6.42 Å². The van der Waals surface area contributed by atoms with Gasteiger partial charge in [-0.3, -0.25) is 19.3 Å². The molecule has 1 aliphatic heterocycles. The van der Waals surface area contributed by atoms with Crippen LogP contribution in [0.15, 0.2) is 36.4 Å². The largest absolute Gasteiger partial charge is 0.426 e. The number of ether oxygens (including phenoxy) is 1. The molecule has 0 unspecified atom stereocenters. The third kappa shape index (κ3) is 3.42. The molecule has 0 N–H and O–H groups in total. The minimum Gasteiger partial charge on any atom is -0.426 e. The second-order valence-corrected chi connectivity index (χ2v) is 10.7. The average Bonchev–Trinajstić information content (AvgIpc) is 3.42. The summed E-state index contributed by atoms with van der Waals surface area (Å²) in [6.07, 6.45) is 7.88. The fraction of sp³-hybridized carbons (Fsp3) is 0.577. The Kier molecular flexibility index (Phi) is 4.83. The van der Waals surface area contributed by atoms with Crippen molar-refractivity contribution < 1.29 is 19.1 Å². The molecule has 4 aliphatic rings. The summed E-state index contributed by atoms with van der Waals surface area (Å²) in [4.78, 5) is 40.3. The van der Waals surface area contributed by atoms with Crippen LogP contribution in [0.25, 0.3) is 0 Å². The van der Waals surface area contributed by atoms with Crippen LogP contribution < -0.4 is 4.74 Å². The van der Waals surface area contributed by atoms with Gasteiger partial charge in [-0.2, -0.15) is 0 Å². The van der Waals surface area contributed by atoms with Crippen LogP contribution in [0.1, 0.15) is 58.4 Å². The fourth-order valence-electron chi connectivity index (χ4n) is 6.08. The van der Waals surface area contributed by atoms with E-state index in [0.29, 0.717) is 31.4 Å². The van der Waals surface area contributed by atoms with Gasteiger partial charge in [0, 0.05) is 6.04 Å². The van der Waals surface area contributed by atoms with Crippen molar-refractivity contribution in [3.05, 3.63) is 42.0 Å². The summed E-state index contributed by atoms with van der Waals surface area (Å²) in [7, 11) is 0. The molecule has 2 saturated carbocycles. The molecule has 0 aromatic heterocycles. The van der Waals surface area contributed by atoms with Crippen molar-refractivity contribution in [2.75, 3.05) is 0 Å². The molecule has 3 fully saturated rings. The Labute approximate surface area is 183 Å². The zero-order chi connectivity index (χ0) is 21.9. The molecule has 0 radical (unpaired) electrons. The highest BCUT2D eigenvalue weighted by Gasteiger charge is 2.60. The summed E-state index contributed by atoms with van der Waals surface area (Å²) >= 11 is 0. The first-order valence-corrected chi connectivity index (χ1v) is 11.6. The molecule has 1 aromatic rings. The third-order valence-electron chi connectivity index (χ3n) is 7.84. The highest BCUT2D eigenvalue weighted by molar-refractivity contribution is 6.06. The van der Waals surface area contributed by atoms with Crippen molar-refractivity contribution in [2.45, 2.75) is 64.3 Å². The number of hydrogen-bond donors (Lipinski definition) is 0. The molecule has 1 saturated heterocycles. The highest BCUT2D eigenvalue weighted by Crippen LogP contribution is 2.53. The summed E-state index contributed by atoms with van der Waals surface area (Å²) in [6.45, 7) is 6.45. The van der Waals surface area contributed by atoms with Crippen LogP contribution in [0.2, 0.25) is 0 Å². The van der Waals surface area contributed by atoms with Crippen LogP contribution in [-0.2, 0) is 19.8 Å². The minimum absolute atomic E-state index is 0.0248. The van der Waals surface area contributed by atoms with Crippen LogP contribution >= 0.6 is 0 Å². The van der Waals surface area contributed by atoms with Crippen molar-refractivity contribution in [1.29, 1.82) is 0 Å². The predicted octanol–water partition coefficient (Wildman–Crippen LogP) is 4.26. The molecule has 5 nitrogen and oxygen atoms in total. The number of rotatable bonds is 3. The number of fused-ring (bicyclic) bond motifs is 5. The molecule has 1 heterocycles. The third-order valence-corrected chi connectivity index (χ3v) is 7.84. The molecule has 0 spiro atoms. The standard InChI is InChI=1S/C26H31NO4/c1-26(2,3)18-8-12-20(13-9-18)31-25(30)15-6-10-19(11-7-15)27-23(28)21-16-4-5-17(14-16)22(21)24(27)29/h4-5,8-9,12-13,15-17,19,21-22H,6-7,10-11,14H2,1-3H3/t15?,16-,17+,19?,21-,22+. The average molecular weight is 422 g/mol. The van der Waals surface area contributed by atoms with Gasteiger partial charge < -0.3 is 4.74 Å². The molecule has 164 valence electrons. The Morgan fingerprint density at radius 3 is 1.97 bits per heavy atom. The molecular formula is C26H31NO4. The van der Waals surface area contributed by atoms with Crippen LogP contribution in [0.3, 0.4) is 0 Å². The maximum absolute atomic E-state index is 13.0. The molecule has 2 bridgehead atoms. The molecule has 3 aliphatic carbocycles. The summed E-state index contributed by atoms with van der Waals surface area (Å²) in [5.74, 6) is 0.445. The first-order valence-electron chi connectivity index (χ1n) is 11.6. The molecule has 5 heteroatoms. The van der Waals surface area contributed by atoms with Gasteiger partial charge in [0.15, 0.2) is 0 Å². The van der Waals surface area contributed by atoms with E-state index >= 15 is 0 Å². The Morgan fingerprint density at radius 2 is 1.45 bits per heavy atom. The molecule has 2 amide bonds. The van der Waals surface area contributed by atoms with Gasteiger partial charge in [0.1, 0.15) is 5.75 Å². The smallest absolute Gasteiger partial charge is 0.314 e. The number of carbonyl (C=O) groups excluding carboxylic acids is 3. The lowest BCUT2D eigenvalue weighted by Crippen LogP contribution is -2.44. The summed E-state index contributed by atoms with van der Waals surface area (Å²) in [5, 5.41) is 0. The van der Waals surface area contributed by atoms with Gasteiger partial charge in [-0.25, -0.2) is 0 Å². The second kappa shape index (κ2) is 7.32. The van der Waals surface area contributed by atoms with Gasteiger partial charge in [0.2, 0.25) is 11.8 Å². The predicted molar refractivity (Wildman–Crippen MR) is 116 cm³/mol. The summed E-state index contributed by atoms with van der Waals surface area (Å²) in [6, 6.07) is 7.64. The lowest BCUT2D eigenvalue weighted by atomic mass is 9.85. The molecule has 1 aromatic carbocycles. The van der Waals surface area contributed by atoms with E-state index in [1.165, 1.54) is 5.56 Å². The Bertz CT molecular complexity index is 903. The van der Waals surface area contributed by atoms with E-state index in [-0.39, 0.29) is 58.8 Å². The van der Waals surface area contributed by atoms with Crippen LogP contribution in [0, 0.1) is 29.6 Å². The van der Waals surface area contributed by atoms with Gasteiger partial charge in [-0.05, 0) is 67.1 Å². The Balaban J connectivity index is 1.18. The van der Waals surface area contributed by atoms with Crippen molar-refractivity contribution in [1.82, 2.24) is 4.90 Å². The maximum Gasteiger partial charge on any atom is 0.314 e. The lowest BCUT2D eigenvalue weighted by molar-refractivity contribution is -0.145. The first-order chi connectivity index (χ1) is 14.7. The van der Waals surface area contributed by atoms with Crippen LogP contribution in [-0.4, -0.2) is 28.7 Å². The van der Waals surface area contributed by atoms with Crippen molar-refractivity contribution in [2.24, 2.45) is 29.6 Å². The summed E-state index contributed by atoms with van der Waals surface area (Å²) in [5.41, 5.74) is 1.25. The van der Waals surface area contributed by atoms with Crippen LogP contribution in [0.5, 0.6) is 5.75 Å². The first kappa shape index (κ1) is 20.5. The number of allylic oxidation sites excluding steroid dienone is 2. The van der Waals surface area contributed by atoms with E-state index in [2.05, 4.69) is 32.9 Å². The molecular weight excluding hydrogens is 390 g/mol. The number of carbonyl (C=O) groups is 3. The number of nitrogens with zero attached hydrogens (tertiary/aromatic N) is 1. The number of esters is 1. The van der Waals surface area contributed by atoms with Crippen molar-refractivity contribution in [3.8, 4) is 5.75 Å². The van der Waals surface area contributed by atoms with E-state index in [4.69, 9.17) is 4.74 Å². The number of hydrogen-bond acceptors (Lipinski definition) is 4. The van der Waals surface area contributed by atoms with Crippen LogP contribution in [0.4, 0.5) is 0 Å². The number of likely N-dealkylation sites (tertiary alicyclic amines) is 1. The zero-order valence-electron chi connectivity index (χ0n) is 18.5. The zero-order valence-corrected chi connectivity index (χ0v) is 18.5. The topological polar surface area (TPSA) is 63.7 Å². The van der Waals surface area contributed by atoms with E-state index in [1.54, 1.807) is 4.90 Å².